The smallest absolute Gasteiger partial charge is 0.337 e. The fourth-order valence-electron chi connectivity index (χ4n) is 1.75. The number of nitrogens with two attached hydrogens (primary N) is 1. The normalized spacial score (nSPS) is 10.5. The number of esters is 1. The molecule has 0 aliphatic heterocycles. The second-order valence-corrected chi connectivity index (χ2v) is 5.66. The molecule has 0 aliphatic carbocycles. The molecule has 2 rings (SSSR count). The fourth-order valence-corrected chi connectivity index (χ4v) is 2.69. The van der Waals surface area contributed by atoms with Gasteiger partial charge in [0, 0.05) is 22.0 Å². The highest BCUT2D eigenvalue weighted by Gasteiger charge is 2.12. The molecule has 0 atom stereocenters. The van der Waals surface area contributed by atoms with Crippen LogP contribution in [-0.4, -0.2) is 23.0 Å². The SMILES string of the molecule is COC(=O)c1ccc(N)c(Sc2nc(C)c(C)c(C)n2)c1. The van der Waals surface area contributed by atoms with E-state index in [9.17, 15) is 4.79 Å². The van der Waals surface area contributed by atoms with E-state index < -0.39 is 5.97 Å². The van der Waals surface area contributed by atoms with E-state index in [1.807, 2.05) is 20.8 Å². The van der Waals surface area contributed by atoms with Crippen LogP contribution in [0.15, 0.2) is 28.3 Å². The Balaban J connectivity index is 2.37. The third-order valence-corrected chi connectivity index (χ3v) is 4.19. The van der Waals surface area contributed by atoms with Gasteiger partial charge < -0.3 is 10.5 Å². The van der Waals surface area contributed by atoms with Gasteiger partial charge in [-0.3, -0.25) is 0 Å². The minimum atomic E-state index is -0.394. The van der Waals surface area contributed by atoms with E-state index in [4.69, 9.17) is 10.5 Å². The number of ether oxygens (including phenoxy) is 1. The Morgan fingerprint density at radius 1 is 1.19 bits per heavy atom. The number of carbonyl (C=O) groups is 1. The minimum absolute atomic E-state index is 0.394. The van der Waals surface area contributed by atoms with Crippen molar-refractivity contribution in [3.05, 3.63) is 40.7 Å². The minimum Gasteiger partial charge on any atom is -0.465 e. The van der Waals surface area contributed by atoms with Crippen molar-refractivity contribution in [2.45, 2.75) is 30.8 Å². The van der Waals surface area contributed by atoms with Gasteiger partial charge in [0.15, 0.2) is 5.16 Å². The quantitative estimate of drug-likeness (QED) is 0.533. The van der Waals surface area contributed by atoms with Gasteiger partial charge in [-0.1, -0.05) is 0 Å². The molecule has 0 spiro atoms. The van der Waals surface area contributed by atoms with E-state index >= 15 is 0 Å². The van der Waals surface area contributed by atoms with Crippen molar-refractivity contribution < 1.29 is 9.53 Å². The molecule has 0 saturated heterocycles. The Morgan fingerprint density at radius 2 is 1.81 bits per heavy atom. The van der Waals surface area contributed by atoms with Crippen LogP contribution < -0.4 is 5.73 Å². The predicted molar refractivity (Wildman–Crippen MR) is 82.6 cm³/mol. The molecule has 5 nitrogen and oxygen atoms in total. The van der Waals surface area contributed by atoms with Crippen molar-refractivity contribution in [2.24, 2.45) is 0 Å². The molecule has 1 heterocycles. The molecule has 2 N–H and O–H groups in total. The Bertz CT molecular complexity index is 678. The number of carbonyl (C=O) groups excluding carboxylic acids is 1. The maximum atomic E-state index is 11.6. The molecular formula is C15H17N3O2S. The Morgan fingerprint density at radius 3 is 2.38 bits per heavy atom. The molecule has 110 valence electrons. The van der Waals surface area contributed by atoms with E-state index in [0.717, 1.165) is 21.8 Å². The van der Waals surface area contributed by atoms with Crippen molar-refractivity contribution in [3.63, 3.8) is 0 Å². The summed E-state index contributed by atoms with van der Waals surface area (Å²) in [7, 11) is 1.35. The van der Waals surface area contributed by atoms with Crippen LogP contribution in [0, 0.1) is 20.8 Å². The molecular weight excluding hydrogens is 286 g/mol. The Hall–Kier alpha value is -2.08. The number of nitrogens with zero attached hydrogens (tertiary/aromatic N) is 2. The van der Waals surface area contributed by atoms with Crippen LogP contribution in [-0.2, 0) is 4.74 Å². The molecule has 21 heavy (non-hydrogen) atoms. The standard InChI is InChI=1S/C15H17N3O2S/c1-8-9(2)17-15(18-10(8)3)21-13-7-11(14(19)20-4)5-6-12(13)16/h5-7H,16H2,1-4H3. The van der Waals surface area contributed by atoms with Gasteiger partial charge in [0.2, 0.25) is 0 Å². The largest absolute Gasteiger partial charge is 0.465 e. The highest BCUT2D eigenvalue weighted by atomic mass is 32.2. The number of rotatable bonds is 3. The summed E-state index contributed by atoms with van der Waals surface area (Å²) in [4.78, 5) is 21.2. The summed E-state index contributed by atoms with van der Waals surface area (Å²) < 4.78 is 4.72. The number of aryl methyl sites for hydroxylation is 2. The van der Waals surface area contributed by atoms with Crippen molar-refractivity contribution in [3.8, 4) is 0 Å². The summed E-state index contributed by atoms with van der Waals surface area (Å²) in [5, 5.41) is 0.615. The van der Waals surface area contributed by atoms with Gasteiger partial charge >= 0.3 is 5.97 Å². The van der Waals surface area contributed by atoms with Gasteiger partial charge in [0.25, 0.3) is 0 Å². The summed E-state index contributed by atoms with van der Waals surface area (Å²) in [6.07, 6.45) is 0. The van der Waals surface area contributed by atoms with Crippen LogP contribution >= 0.6 is 11.8 Å². The number of benzene rings is 1. The molecule has 2 aromatic rings. The van der Waals surface area contributed by atoms with Crippen molar-refractivity contribution in [2.75, 3.05) is 12.8 Å². The van der Waals surface area contributed by atoms with Gasteiger partial charge in [-0.15, -0.1) is 0 Å². The molecule has 1 aromatic carbocycles. The van der Waals surface area contributed by atoms with E-state index in [1.54, 1.807) is 18.2 Å². The lowest BCUT2D eigenvalue weighted by Gasteiger charge is -2.09. The first kappa shape index (κ1) is 15.3. The van der Waals surface area contributed by atoms with Crippen LogP contribution in [0.25, 0.3) is 0 Å². The molecule has 0 unspecified atom stereocenters. The molecule has 1 aromatic heterocycles. The zero-order valence-corrected chi connectivity index (χ0v) is 13.2. The monoisotopic (exact) mass is 303 g/mol. The number of hydrogen-bond donors (Lipinski definition) is 1. The van der Waals surface area contributed by atoms with Crippen molar-refractivity contribution in [1.82, 2.24) is 9.97 Å². The zero-order chi connectivity index (χ0) is 15.6. The van der Waals surface area contributed by atoms with Crippen LogP contribution in [0.4, 0.5) is 5.69 Å². The second kappa shape index (κ2) is 6.13. The lowest BCUT2D eigenvalue weighted by atomic mass is 10.2. The van der Waals surface area contributed by atoms with Crippen LogP contribution in [0.3, 0.4) is 0 Å². The second-order valence-electron chi connectivity index (χ2n) is 4.65. The van der Waals surface area contributed by atoms with Crippen LogP contribution in [0.5, 0.6) is 0 Å². The molecule has 0 amide bonds. The number of nitrogen functional groups attached to an aromatic ring is 1. The number of aromatic nitrogens is 2. The summed E-state index contributed by atoms with van der Waals surface area (Å²) in [6.45, 7) is 5.88. The summed E-state index contributed by atoms with van der Waals surface area (Å²) in [5.41, 5.74) is 9.94. The maximum absolute atomic E-state index is 11.6. The lowest BCUT2D eigenvalue weighted by molar-refractivity contribution is 0.0600. The van der Waals surface area contributed by atoms with Gasteiger partial charge in [0.05, 0.1) is 12.7 Å². The van der Waals surface area contributed by atoms with E-state index in [2.05, 4.69) is 9.97 Å². The highest BCUT2D eigenvalue weighted by molar-refractivity contribution is 7.99. The van der Waals surface area contributed by atoms with E-state index in [0.29, 0.717) is 16.4 Å². The maximum Gasteiger partial charge on any atom is 0.337 e. The average molecular weight is 303 g/mol. The lowest BCUT2D eigenvalue weighted by Crippen LogP contribution is -2.03. The number of anilines is 1. The van der Waals surface area contributed by atoms with Crippen molar-refractivity contribution >= 4 is 23.4 Å². The van der Waals surface area contributed by atoms with E-state index in [1.165, 1.54) is 18.9 Å². The first-order valence-electron chi connectivity index (χ1n) is 6.40. The topological polar surface area (TPSA) is 78.1 Å². The van der Waals surface area contributed by atoms with Crippen LogP contribution in [0.2, 0.25) is 0 Å². The van der Waals surface area contributed by atoms with Gasteiger partial charge in [-0.25, -0.2) is 14.8 Å². The molecule has 0 radical (unpaired) electrons. The zero-order valence-electron chi connectivity index (χ0n) is 12.4. The summed E-state index contributed by atoms with van der Waals surface area (Å²) in [5.74, 6) is -0.394. The number of hydrogen-bond acceptors (Lipinski definition) is 6. The first-order valence-corrected chi connectivity index (χ1v) is 7.21. The Kier molecular flexibility index (Phi) is 4.47. The van der Waals surface area contributed by atoms with Crippen LogP contribution in [0.1, 0.15) is 27.3 Å². The molecule has 0 aliphatic rings. The summed E-state index contributed by atoms with van der Waals surface area (Å²) in [6, 6.07) is 5.01. The predicted octanol–water partition coefficient (Wildman–Crippen LogP) is 2.92. The molecule has 0 saturated carbocycles. The first-order chi connectivity index (χ1) is 9.92. The highest BCUT2D eigenvalue weighted by Crippen LogP contribution is 2.31. The third kappa shape index (κ3) is 3.33. The molecule has 0 fully saturated rings. The van der Waals surface area contributed by atoms with Gasteiger partial charge in [-0.05, 0) is 56.3 Å². The van der Waals surface area contributed by atoms with Gasteiger partial charge in [-0.2, -0.15) is 0 Å². The van der Waals surface area contributed by atoms with Crippen molar-refractivity contribution in [1.29, 1.82) is 0 Å². The number of methoxy groups -OCH3 is 1. The van der Waals surface area contributed by atoms with Gasteiger partial charge in [0.1, 0.15) is 0 Å². The average Bonchev–Trinajstić information content (AvgIpc) is 2.46. The third-order valence-electron chi connectivity index (χ3n) is 3.25. The fraction of sp³-hybridized carbons (Fsp3) is 0.267. The van der Waals surface area contributed by atoms with E-state index in [-0.39, 0.29) is 0 Å². The Labute approximate surface area is 127 Å². The molecule has 0 bridgehead atoms. The summed E-state index contributed by atoms with van der Waals surface area (Å²) >= 11 is 1.34. The molecule has 6 heteroatoms.